The number of rotatable bonds is 3. The van der Waals surface area contributed by atoms with Gasteiger partial charge in [-0.25, -0.2) is 4.39 Å². The van der Waals surface area contributed by atoms with Crippen LogP contribution < -0.4 is 10.2 Å². The number of halogens is 1. The fourth-order valence-electron chi connectivity index (χ4n) is 3.18. The Bertz CT molecular complexity index is 500. The number of fused-ring (bicyclic) bond motifs is 2. The van der Waals surface area contributed by atoms with Gasteiger partial charge >= 0.3 is 0 Å². The van der Waals surface area contributed by atoms with Gasteiger partial charge in [0.25, 0.3) is 0 Å². The lowest BCUT2D eigenvalue weighted by molar-refractivity contribution is 0.0304. The summed E-state index contributed by atoms with van der Waals surface area (Å²) in [6.45, 7) is 8.61. The van der Waals surface area contributed by atoms with E-state index in [2.05, 4.69) is 31.0 Å². The molecule has 0 aliphatic carbocycles. The van der Waals surface area contributed by atoms with E-state index in [1.54, 1.807) is 6.07 Å². The zero-order valence-corrected chi connectivity index (χ0v) is 13.2. The Balaban J connectivity index is 1.82. The SMILES string of the molecule is CC(C)(C)NCc1c(F)cccc1N1CC2CCC(C1)O2. The highest BCUT2D eigenvalue weighted by Crippen LogP contribution is 2.32. The second kappa shape index (κ2) is 5.58. The molecule has 2 aliphatic heterocycles. The highest BCUT2D eigenvalue weighted by Gasteiger charge is 2.34. The van der Waals surface area contributed by atoms with Crippen LogP contribution in [0.1, 0.15) is 39.2 Å². The monoisotopic (exact) mass is 292 g/mol. The molecule has 2 heterocycles. The maximum Gasteiger partial charge on any atom is 0.129 e. The summed E-state index contributed by atoms with van der Waals surface area (Å²) in [7, 11) is 0. The highest BCUT2D eigenvalue weighted by molar-refractivity contribution is 5.55. The fourth-order valence-corrected chi connectivity index (χ4v) is 3.18. The van der Waals surface area contributed by atoms with Gasteiger partial charge in [0.05, 0.1) is 12.2 Å². The molecule has 2 fully saturated rings. The lowest BCUT2D eigenvalue weighted by atomic mass is 10.1. The molecule has 1 N–H and O–H groups in total. The van der Waals surface area contributed by atoms with Gasteiger partial charge in [0.2, 0.25) is 0 Å². The Morgan fingerprint density at radius 3 is 2.52 bits per heavy atom. The van der Waals surface area contributed by atoms with Gasteiger partial charge in [-0.2, -0.15) is 0 Å². The fraction of sp³-hybridized carbons (Fsp3) is 0.647. The standard InChI is InChI=1S/C17H25FN2O/c1-17(2,3)19-9-14-15(18)5-4-6-16(14)20-10-12-7-8-13(11-20)21-12/h4-6,12-13,19H,7-11H2,1-3H3. The van der Waals surface area contributed by atoms with Crippen LogP contribution in [0.4, 0.5) is 10.1 Å². The maximum atomic E-state index is 14.3. The summed E-state index contributed by atoms with van der Waals surface area (Å²) in [4.78, 5) is 2.30. The van der Waals surface area contributed by atoms with Crippen LogP contribution in [0, 0.1) is 5.82 Å². The molecule has 1 aromatic rings. The van der Waals surface area contributed by atoms with Crippen molar-refractivity contribution >= 4 is 5.69 Å². The summed E-state index contributed by atoms with van der Waals surface area (Å²) >= 11 is 0. The minimum Gasteiger partial charge on any atom is -0.371 e. The summed E-state index contributed by atoms with van der Waals surface area (Å²) < 4.78 is 20.2. The summed E-state index contributed by atoms with van der Waals surface area (Å²) in [6, 6.07) is 5.40. The van der Waals surface area contributed by atoms with E-state index in [-0.39, 0.29) is 11.4 Å². The van der Waals surface area contributed by atoms with Crippen LogP contribution in [0.25, 0.3) is 0 Å². The molecule has 2 atom stereocenters. The average Bonchev–Trinajstić information content (AvgIpc) is 2.75. The minimum absolute atomic E-state index is 0.0242. The van der Waals surface area contributed by atoms with Gasteiger partial charge in [-0.05, 0) is 45.7 Å². The van der Waals surface area contributed by atoms with Gasteiger partial charge in [0.1, 0.15) is 5.82 Å². The molecule has 4 heteroatoms. The molecule has 3 nitrogen and oxygen atoms in total. The van der Waals surface area contributed by atoms with Crippen molar-refractivity contribution in [1.29, 1.82) is 0 Å². The van der Waals surface area contributed by atoms with E-state index in [0.29, 0.717) is 18.8 Å². The van der Waals surface area contributed by atoms with Crippen molar-refractivity contribution in [2.24, 2.45) is 0 Å². The second-order valence-corrected chi connectivity index (χ2v) is 7.20. The van der Waals surface area contributed by atoms with E-state index < -0.39 is 0 Å². The molecule has 0 spiro atoms. The van der Waals surface area contributed by atoms with E-state index in [4.69, 9.17) is 4.74 Å². The predicted molar refractivity (Wildman–Crippen MR) is 83.1 cm³/mol. The number of nitrogens with one attached hydrogen (secondary N) is 1. The van der Waals surface area contributed by atoms with Gasteiger partial charge in [-0.3, -0.25) is 0 Å². The van der Waals surface area contributed by atoms with Crippen molar-refractivity contribution in [1.82, 2.24) is 5.32 Å². The maximum absolute atomic E-state index is 14.3. The smallest absolute Gasteiger partial charge is 0.129 e. The molecular formula is C17H25FN2O. The van der Waals surface area contributed by atoms with Crippen LogP contribution in [-0.2, 0) is 11.3 Å². The molecular weight excluding hydrogens is 267 g/mol. The van der Waals surface area contributed by atoms with Crippen molar-refractivity contribution in [3.63, 3.8) is 0 Å². The Kier molecular flexibility index (Phi) is 3.93. The zero-order valence-electron chi connectivity index (χ0n) is 13.2. The van der Waals surface area contributed by atoms with Crippen LogP contribution in [0.3, 0.4) is 0 Å². The molecule has 0 saturated carbocycles. The summed E-state index contributed by atoms with van der Waals surface area (Å²) in [5, 5.41) is 3.40. The van der Waals surface area contributed by atoms with Crippen molar-refractivity contribution in [2.45, 2.75) is 57.9 Å². The lowest BCUT2D eigenvalue weighted by Gasteiger charge is -2.35. The van der Waals surface area contributed by atoms with Crippen molar-refractivity contribution in [2.75, 3.05) is 18.0 Å². The van der Waals surface area contributed by atoms with Crippen LogP contribution >= 0.6 is 0 Å². The summed E-state index contributed by atoms with van der Waals surface area (Å²) in [5.41, 5.74) is 1.77. The number of nitrogens with zero attached hydrogens (tertiary/aromatic N) is 1. The predicted octanol–water partition coefficient (Wildman–Crippen LogP) is 3.08. The number of morpholine rings is 1. The molecule has 2 unspecified atom stereocenters. The number of benzene rings is 1. The van der Waals surface area contributed by atoms with E-state index >= 15 is 0 Å². The molecule has 0 aromatic heterocycles. The molecule has 0 amide bonds. The van der Waals surface area contributed by atoms with Crippen LogP contribution in [-0.4, -0.2) is 30.8 Å². The average molecular weight is 292 g/mol. The van der Waals surface area contributed by atoms with Gasteiger partial charge in [-0.1, -0.05) is 6.07 Å². The molecule has 2 bridgehead atoms. The molecule has 0 radical (unpaired) electrons. The Hall–Kier alpha value is -1.13. The first-order chi connectivity index (χ1) is 9.92. The number of hydrogen-bond acceptors (Lipinski definition) is 3. The number of ether oxygens (including phenoxy) is 1. The van der Waals surface area contributed by atoms with E-state index in [1.807, 2.05) is 12.1 Å². The van der Waals surface area contributed by atoms with Crippen molar-refractivity contribution in [3.8, 4) is 0 Å². The first-order valence-corrected chi connectivity index (χ1v) is 7.85. The quantitative estimate of drug-likeness (QED) is 0.926. The topological polar surface area (TPSA) is 24.5 Å². The molecule has 1 aromatic carbocycles. The normalized spacial score (nSPS) is 25.4. The van der Waals surface area contributed by atoms with Gasteiger partial charge < -0.3 is 15.0 Å². The largest absolute Gasteiger partial charge is 0.371 e. The Morgan fingerprint density at radius 2 is 1.90 bits per heavy atom. The minimum atomic E-state index is -0.122. The molecule has 2 aliphatic rings. The third-order valence-electron chi connectivity index (χ3n) is 4.27. The lowest BCUT2D eigenvalue weighted by Crippen LogP contribution is -2.43. The number of anilines is 1. The Labute approximate surface area is 126 Å². The second-order valence-electron chi connectivity index (χ2n) is 7.20. The van der Waals surface area contributed by atoms with Gasteiger partial charge in [0.15, 0.2) is 0 Å². The van der Waals surface area contributed by atoms with E-state index in [0.717, 1.165) is 37.2 Å². The van der Waals surface area contributed by atoms with E-state index in [9.17, 15) is 4.39 Å². The summed E-state index contributed by atoms with van der Waals surface area (Å²) in [5.74, 6) is -0.122. The van der Waals surface area contributed by atoms with Crippen LogP contribution in [0.2, 0.25) is 0 Å². The van der Waals surface area contributed by atoms with E-state index in [1.165, 1.54) is 0 Å². The molecule has 116 valence electrons. The molecule has 21 heavy (non-hydrogen) atoms. The third kappa shape index (κ3) is 3.38. The van der Waals surface area contributed by atoms with Gasteiger partial charge in [0, 0.05) is 36.4 Å². The molecule has 2 saturated heterocycles. The first-order valence-electron chi connectivity index (χ1n) is 7.85. The summed E-state index contributed by atoms with van der Waals surface area (Å²) in [6.07, 6.45) is 2.89. The van der Waals surface area contributed by atoms with Crippen LogP contribution in [0.15, 0.2) is 18.2 Å². The van der Waals surface area contributed by atoms with Crippen LogP contribution in [0.5, 0.6) is 0 Å². The third-order valence-corrected chi connectivity index (χ3v) is 4.27. The number of hydrogen-bond donors (Lipinski definition) is 1. The van der Waals surface area contributed by atoms with Crippen molar-refractivity contribution < 1.29 is 9.13 Å². The zero-order chi connectivity index (χ0) is 15.0. The Morgan fingerprint density at radius 1 is 1.24 bits per heavy atom. The first kappa shape index (κ1) is 14.8. The molecule has 3 rings (SSSR count). The van der Waals surface area contributed by atoms with Crippen molar-refractivity contribution in [3.05, 3.63) is 29.6 Å². The van der Waals surface area contributed by atoms with Gasteiger partial charge in [-0.15, -0.1) is 0 Å². The highest BCUT2D eigenvalue weighted by atomic mass is 19.1.